The first-order valence-corrected chi connectivity index (χ1v) is 5.84. The van der Waals surface area contributed by atoms with E-state index in [1.807, 2.05) is 0 Å². The minimum absolute atomic E-state index is 0.117. The average Bonchev–Trinajstić information content (AvgIpc) is 2.62. The predicted octanol–water partition coefficient (Wildman–Crippen LogP) is 0.799. The van der Waals surface area contributed by atoms with Gasteiger partial charge >= 0.3 is 0 Å². The van der Waals surface area contributed by atoms with Gasteiger partial charge in [0.15, 0.2) is 0 Å². The van der Waals surface area contributed by atoms with Crippen molar-refractivity contribution in [2.24, 2.45) is 5.73 Å². The molecule has 1 saturated heterocycles. The minimum Gasteiger partial charge on any atom is -0.375 e. The Balaban J connectivity index is 2.01. The van der Waals surface area contributed by atoms with Gasteiger partial charge in [0.05, 0.1) is 12.2 Å². The Labute approximate surface area is 91.5 Å². The summed E-state index contributed by atoms with van der Waals surface area (Å²) in [5.74, 6) is 0.117. The molecule has 1 amide bonds. The second-order valence-electron chi connectivity index (χ2n) is 4.18. The number of carbonyl (C=O) groups excluding carboxylic acids is 1. The van der Waals surface area contributed by atoms with Crippen LogP contribution in [0.2, 0.25) is 0 Å². The molecule has 3 N–H and O–H groups in total. The van der Waals surface area contributed by atoms with Crippen molar-refractivity contribution in [3.63, 3.8) is 0 Å². The third-order valence-electron chi connectivity index (χ3n) is 2.72. The largest absolute Gasteiger partial charge is 0.375 e. The maximum atomic E-state index is 11.3. The first kappa shape index (κ1) is 12.5. The van der Waals surface area contributed by atoms with Crippen LogP contribution in [0.1, 0.15) is 39.0 Å². The lowest BCUT2D eigenvalue weighted by Crippen LogP contribution is -2.26. The molecule has 0 aromatic carbocycles. The molecule has 4 nitrogen and oxygen atoms in total. The van der Waals surface area contributed by atoms with Crippen LogP contribution in [0.25, 0.3) is 0 Å². The van der Waals surface area contributed by atoms with Crippen LogP contribution in [0.15, 0.2) is 0 Å². The fourth-order valence-electron chi connectivity index (χ4n) is 1.81. The molecule has 4 heteroatoms. The second-order valence-corrected chi connectivity index (χ2v) is 4.18. The third kappa shape index (κ3) is 5.14. The second kappa shape index (κ2) is 6.80. The average molecular weight is 214 g/mol. The van der Waals surface area contributed by atoms with Crippen LogP contribution < -0.4 is 11.1 Å². The van der Waals surface area contributed by atoms with E-state index in [2.05, 4.69) is 12.2 Å². The topological polar surface area (TPSA) is 64.4 Å². The highest BCUT2D eigenvalue weighted by Crippen LogP contribution is 2.22. The number of rotatable bonds is 6. The predicted molar refractivity (Wildman–Crippen MR) is 59.5 cm³/mol. The zero-order valence-corrected chi connectivity index (χ0v) is 9.50. The molecule has 0 spiro atoms. The monoisotopic (exact) mass is 214 g/mol. The van der Waals surface area contributed by atoms with E-state index in [0.717, 1.165) is 25.7 Å². The van der Waals surface area contributed by atoms with Gasteiger partial charge in [-0.25, -0.2) is 0 Å². The molecule has 15 heavy (non-hydrogen) atoms. The number of hydrogen-bond acceptors (Lipinski definition) is 3. The van der Waals surface area contributed by atoms with Crippen molar-refractivity contribution in [2.45, 2.75) is 51.2 Å². The van der Waals surface area contributed by atoms with Gasteiger partial charge in [0.2, 0.25) is 5.91 Å². The quantitative estimate of drug-likeness (QED) is 0.643. The van der Waals surface area contributed by atoms with Crippen molar-refractivity contribution in [1.82, 2.24) is 5.32 Å². The first-order chi connectivity index (χ1) is 7.22. The lowest BCUT2D eigenvalue weighted by atomic mass is 10.1. The molecule has 0 radical (unpaired) electrons. The van der Waals surface area contributed by atoms with Gasteiger partial charge < -0.3 is 15.8 Å². The molecule has 1 heterocycles. The maximum Gasteiger partial charge on any atom is 0.220 e. The Bertz CT molecular complexity index is 197. The summed E-state index contributed by atoms with van der Waals surface area (Å²) in [6, 6.07) is 0. The molecule has 1 rings (SSSR count). The van der Waals surface area contributed by atoms with Gasteiger partial charge in [0.25, 0.3) is 0 Å². The number of hydrogen-bond donors (Lipinski definition) is 2. The van der Waals surface area contributed by atoms with Crippen LogP contribution in [-0.4, -0.2) is 31.2 Å². The highest BCUT2D eigenvalue weighted by molar-refractivity contribution is 5.75. The Morgan fingerprint density at radius 2 is 2.33 bits per heavy atom. The van der Waals surface area contributed by atoms with Crippen molar-refractivity contribution in [3.8, 4) is 0 Å². The first-order valence-electron chi connectivity index (χ1n) is 5.84. The molecule has 1 aliphatic rings. The van der Waals surface area contributed by atoms with Crippen LogP contribution in [0, 0.1) is 0 Å². The molecular weight excluding hydrogens is 192 g/mol. The highest BCUT2D eigenvalue weighted by atomic mass is 16.5. The van der Waals surface area contributed by atoms with Crippen molar-refractivity contribution in [3.05, 3.63) is 0 Å². The molecule has 0 bridgehead atoms. The highest BCUT2D eigenvalue weighted by Gasteiger charge is 2.21. The lowest BCUT2D eigenvalue weighted by molar-refractivity contribution is -0.121. The summed E-state index contributed by atoms with van der Waals surface area (Å²) in [4.78, 5) is 11.3. The maximum absolute atomic E-state index is 11.3. The van der Waals surface area contributed by atoms with E-state index in [1.165, 1.54) is 0 Å². The summed E-state index contributed by atoms with van der Waals surface area (Å²) in [6.07, 6.45) is 5.15. The van der Waals surface area contributed by atoms with Crippen molar-refractivity contribution < 1.29 is 9.53 Å². The minimum atomic E-state index is 0.117. The molecule has 0 aliphatic carbocycles. The van der Waals surface area contributed by atoms with E-state index in [1.54, 1.807) is 0 Å². The Hall–Kier alpha value is -0.610. The standard InChI is InChI=1S/C11H22N2O2/c1-9-3-4-10(15-9)5-6-11(14)13-8-2-7-12/h9-10H,2-8,12H2,1H3,(H,13,14). The van der Waals surface area contributed by atoms with Crippen LogP contribution in [0.4, 0.5) is 0 Å². The van der Waals surface area contributed by atoms with Crippen LogP contribution >= 0.6 is 0 Å². The van der Waals surface area contributed by atoms with E-state index in [-0.39, 0.29) is 5.91 Å². The Morgan fingerprint density at radius 3 is 2.93 bits per heavy atom. The van der Waals surface area contributed by atoms with Crippen LogP contribution in [-0.2, 0) is 9.53 Å². The van der Waals surface area contributed by atoms with Gasteiger partial charge in [-0.05, 0) is 39.2 Å². The summed E-state index contributed by atoms with van der Waals surface area (Å²) in [5.41, 5.74) is 5.33. The molecule has 0 saturated carbocycles. The summed E-state index contributed by atoms with van der Waals surface area (Å²) < 4.78 is 5.64. The van der Waals surface area contributed by atoms with E-state index in [9.17, 15) is 4.79 Å². The number of amides is 1. The molecule has 0 aromatic heterocycles. The van der Waals surface area contributed by atoms with Crippen molar-refractivity contribution in [2.75, 3.05) is 13.1 Å². The van der Waals surface area contributed by atoms with Gasteiger partial charge in [0.1, 0.15) is 0 Å². The summed E-state index contributed by atoms with van der Waals surface area (Å²) in [6.45, 7) is 3.40. The molecule has 0 aromatic rings. The van der Waals surface area contributed by atoms with Crippen LogP contribution in [0.5, 0.6) is 0 Å². The van der Waals surface area contributed by atoms with Gasteiger partial charge in [-0.1, -0.05) is 0 Å². The van der Waals surface area contributed by atoms with E-state index < -0.39 is 0 Å². The van der Waals surface area contributed by atoms with Crippen LogP contribution in [0.3, 0.4) is 0 Å². The fraction of sp³-hybridized carbons (Fsp3) is 0.909. The molecular formula is C11H22N2O2. The number of nitrogens with one attached hydrogen (secondary N) is 1. The Morgan fingerprint density at radius 1 is 1.53 bits per heavy atom. The number of carbonyl (C=O) groups is 1. The SMILES string of the molecule is CC1CCC(CCC(=O)NCCCN)O1. The van der Waals surface area contributed by atoms with E-state index in [0.29, 0.717) is 31.7 Å². The summed E-state index contributed by atoms with van der Waals surface area (Å²) in [7, 11) is 0. The summed E-state index contributed by atoms with van der Waals surface area (Å²) >= 11 is 0. The molecule has 1 aliphatic heterocycles. The van der Waals surface area contributed by atoms with Crippen molar-refractivity contribution >= 4 is 5.91 Å². The molecule has 88 valence electrons. The fourth-order valence-corrected chi connectivity index (χ4v) is 1.81. The van der Waals surface area contributed by atoms with E-state index >= 15 is 0 Å². The van der Waals surface area contributed by atoms with E-state index in [4.69, 9.17) is 10.5 Å². The molecule has 2 unspecified atom stereocenters. The Kier molecular flexibility index (Phi) is 5.65. The van der Waals surface area contributed by atoms with Gasteiger partial charge in [-0.15, -0.1) is 0 Å². The molecule has 2 atom stereocenters. The zero-order chi connectivity index (χ0) is 11.1. The molecule has 1 fully saturated rings. The number of nitrogens with two attached hydrogens (primary N) is 1. The normalized spacial score (nSPS) is 25.5. The van der Waals surface area contributed by atoms with Gasteiger partial charge in [-0.3, -0.25) is 4.79 Å². The lowest BCUT2D eigenvalue weighted by Gasteiger charge is -2.10. The van der Waals surface area contributed by atoms with Gasteiger partial charge in [0, 0.05) is 13.0 Å². The zero-order valence-electron chi connectivity index (χ0n) is 9.50. The van der Waals surface area contributed by atoms with Gasteiger partial charge in [-0.2, -0.15) is 0 Å². The summed E-state index contributed by atoms with van der Waals surface area (Å²) in [5, 5.41) is 2.84. The van der Waals surface area contributed by atoms with Crippen molar-refractivity contribution in [1.29, 1.82) is 0 Å². The smallest absolute Gasteiger partial charge is 0.220 e. The number of ether oxygens (including phenoxy) is 1. The third-order valence-corrected chi connectivity index (χ3v) is 2.72.